The minimum atomic E-state index is -1.54. The fourth-order valence-electron chi connectivity index (χ4n) is 3.54. The van der Waals surface area contributed by atoms with Crippen LogP contribution in [0.2, 0.25) is 0 Å². The van der Waals surface area contributed by atoms with Crippen LogP contribution in [0.15, 0.2) is 10.7 Å². The van der Waals surface area contributed by atoms with Crippen molar-refractivity contribution in [2.75, 3.05) is 13.2 Å². The molecule has 3 heterocycles. The molecule has 3 rings (SSSR count). The molecule has 0 radical (unpaired) electrons. The Morgan fingerprint density at radius 1 is 0.774 bits per heavy atom. The summed E-state index contributed by atoms with van der Waals surface area (Å²) in [6.07, 6.45) is -11.0. The number of aromatic nitrogens is 1. The number of aryl methyl sites for hydroxylation is 1. The van der Waals surface area contributed by atoms with Gasteiger partial charge < -0.3 is 54.7 Å². The fraction of sp³-hybridized carbons (Fsp3) is 0.737. The van der Waals surface area contributed by atoms with Crippen molar-refractivity contribution in [3.63, 3.8) is 0 Å². The van der Waals surface area contributed by atoms with E-state index in [-0.39, 0.29) is 18.7 Å². The predicted molar refractivity (Wildman–Crippen MR) is 99.2 cm³/mol. The molecule has 0 aromatic carbocycles. The maximum Gasteiger partial charge on any atom is 0.273 e. The number of nitrogens with zero attached hydrogens (tertiary/aromatic N) is 1. The molecule has 12 heteroatoms. The van der Waals surface area contributed by atoms with Crippen LogP contribution in [0.3, 0.4) is 0 Å². The monoisotopic (exact) mass is 445 g/mol. The van der Waals surface area contributed by atoms with Crippen molar-refractivity contribution in [2.24, 2.45) is 0 Å². The van der Waals surface area contributed by atoms with Gasteiger partial charge >= 0.3 is 0 Å². The second-order valence-electron chi connectivity index (χ2n) is 7.57. The predicted octanol–water partition coefficient (Wildman–Crippen LogP) is -4.36. The van der Waals surface area contributed by atoms with Gasteiger partial charge in [0, 0.05) is 0 Å². The molecule has 1 aromatic heterocycles. The maximum atomic E-state index is 10.1. The number of aliphatic hydroxyl groups excluding tert-OH is 8. The molecule has 0 unspecified atom stereocenters. The first kappa shape index (κ1) is 24.0. The molecular formula is C19H27NO11. The summed E-state index contributed by atoms with van der Waals surface area (Å²) < 4.78 is 15.9. The molecule has 2 aliphatic heterocycles. The van der Waals surface area contributed by atoms with Gasteiger partial charge in [-0.25, -0.2) is 4.98 Å². The Kier molecular flexibility index (Phi) is 8.00. The highest BCUT2D eigenvalue weighted by Gasteiger charge is 2.44. The third-order valence-corrected chi connectivity index (χ3v) is 5.44. The highest BCUT2D eigenvalue weighted by Crippen LogP contribution is 2.24. The number of hydrogen-bond donors (Lipinski definition) is 8. The van der Waals surface area contributed by atoms with Crippen molar-refractivity contribution < 1.29 is 54.7 Å². The second kappa shape index (κ2) is 10.3. The number of oxazole rings is 1. The van der Waals surface area contributed by atoms with Crippen LogP contribution in [0.1, 0.15) is 18.0 Å². The zero-order valence-electron chi connectivity index (χ0n) is 16.4. The van der Waals surface area contributed by atoms with E-state index in [4.69, 9.17) is 13.9 Å². The van der Waals surface area contributed by atoms with Crippen molar-refractivity contribution >= 4 is 0 Å². The molecule has 0 spiro atoms. The summed E-state index contributed by atoms with van der Waals surface area (Å²) in [5.41, 5.74) is 0.454. The van der Waals surface area contributed by atoms with Gasteiger partial charge in [0.1, 0.15) is 61.2 Å². The molecule has 0 amide bonds. The van der Waals surface area contributed by atoms with Crippen LogP contribution in [-0.2, 0) is 15.9 Å². The highest BCUT2D eigenvalue weighted by atomic mass is 16.5. The van der Waals surface area contributed by atoms with E-state index in [1.54, 1.807) is 0 Å². The zero-order valence-corrected chi connectivity index (χ0v) is 16.4. The van der Waals surface area contributed by atoms with Crippen LogP contribution in [0.25, 0.3) is 0 Å². The number of ether oxygens (including phenoxy) is 2. The quantitative estimate of drug-likeness (QED) is 0.202. The fourth-order valence-corrected chi connectivity index (χ4v) is 3.54. The van der Waals surface area contributed by atoms with Crippen LogP contribution in [0, 0.1) is 11.8 Å². The normalized spacial score (nSPS) is 40.9. The minimum absolute atomic E-state index is 0.0132. The van der Waals surface area contributed by atoms with Crippen molar-refractivity contribution in [1.29, 1.82) is 0 Å². The SMILES string of the molecule is OC[C@H]1O[C@H](CCc2coc(C#C[C@H]3O[C@H](CO)[C@@H](O)[C@H](O)[C@@H]3O)n2)[C@@H](O)[C@@H](O)[C@@H]1O. The van der Waals surface area contributed by atoms with E-state index >= 15 is 0 Å². The summed E-state index contributed by atoms with van der Waals surface area (Å²) in [4.78, 5) is 4.14. The summed E-state index contributed by atoms with van der Waals surface area (Å²) in [6.45, 7) is -1.08. The van der Waals surface area contributed by atoms with Gasteiger partial charge in [-0.3, -0.25) is 0 Å². The van der Waals surface area contributed by atoms with Crippen molar-refractivity contribution in [1.82, 2.24) is 4.98 Å². The summed E-state index contributed by atoms with van der Waals surface area (Å²) in [5.74, 6) is 5.07. The van der Waals surface area contributed by atoms with Crippen LogP contribution >= 0.6 is 0 Å². The topological polar surface area (TPSA) is 206 Å². The van der Waals surface area contributed by atoms with Crippen LogP contribution < -0.4 is 0 Å². The standard InChI is InChI=1S/C19H27NO11/c21-5-11-16(25)18(27)14(23)9(30-11)2-1-8-7-29-13(20-8)4-3-10-15(24)19(28)17(26)12(6-22)31-10/h7,9-12,14-19,21-28H,1-2,5-6H2/t9-,10-,11-,12-,14-,15-,16-,17-,18-,19-/m1/s1. The van der Waals surface area contributed by atoms with E-state index in [2.05, 4.69) is 16.8 Å². The summed E-state index contributed by atoms with van der Waals surface area (Å²) in [7, 11) is 0. The maximum absolute atomic E-state index is 10.1. The Morgan fingerprint density at radius 3 is 2.00 bits per heavy atom. The summed E-state index contributed by atoms with van der Waals surface area (Å²) in [5, 5.41) is 77.6. The smallest absolute Gasteiger partial charge is 0.273 e. The van der Waals surface area contributed by atoms with Crippen molar-refractivity contribution in [3.05, 3.63) is 17.8 Å². The van der Waals surface area contributed by atoms with E-state index < -0.39 is 74.3 Å². The lowest BCUT2D eigenvalue weighted by Gasteiger charge is -2.40. The van der Waals surface area contributed by atoms with Crippen LogP contribution in [0.5, 0.6) is 0 Å². The van der Waals surface area contributed by atoms with Crippen LogP contribution in [0.4, 0.5) is 0 Å². The van der Waals surface area contributed by atoms with Gasteiger partial charge in [0.25, 0.3) is 5.89 Å². The molecule has 12 nitrogen and oxygen atoms in total. The highest BCUT2D eigenvalue weighted by molar-refractivity contribution is 5.23. The molecule has 2 saturated heterocycles. The third kappa shape index (κ3) is 5.24. The van der Waals surface area contributed by atoms with E-state index in [9.17, 15) is 40.9 Å². The molecule has 2 aliphatic rings. The molecule has 1 aromatic rings. The van der Waals surface area contributed by atoms with Crippen molar-refractivity contribution in [3.8, 4) is 11.8 Å². The van der Waals surface area contributed by atoms with Gasteiger partial charge in [0.05, 0.1) is 25.0 Å². The molecule has 174 valence electrons. The molecule has 0 aliphatic carbocycles. The van der Waals surface area contributed by atoms with E-state index in [1.165, 1.54) is 6.26 Å². The summed E-state index contributed by atoms with van der Waals surface area (Å²) in [6, 6.07) is 0. The molecule has 31 heavy (non-hydrogen) atoms. The van der Waals surface area contributed by atoms with E-state index in [1.807, 2.05) is 0 Å². The number of hydrogen-bond acceptors (Lipinski definition) is 12. The molecule has 10 atom stereocenters. The Morgan fingerprint density at radius 2 is 1.35 bits per heavy atom. The lowest BCUT2D eigenvalue weighted by Crippen LogP contribution is -2.58. The molecule has 0 saturated carbocycles. The first-order valence-electron chi connectivity index (χ1n) is 9.83. The van der Waals surface area contributed by atoms with Gasteiger partial charge in [0.2, 0.25) is 0 Å². The van der Waals surface area contributed by atoms with Crippen molar-refractivity contribution in [2.45, 2.75) is 73.9 Å². The van der Waals surface area contributed by atoms with E-state index in [0.29, 0.717) is 5.69 Å². The van der Waals surface area contributed by atoms with E-state index in [0.717, 1.165) is 0 Å². The minimum Gasteiger partial charge on any atom is -0.438 e. The lowest BCUT2D eigenvalue weighted by molar-refractivity contribution is -0.230. The van der Waals surface area contributed by atoms with Gasteiger partial charge in [-0.15, -0.1) is 0 Å². The Hall–Kier alpha value is -1.63. The van der Waals surface area contributed by atoms with Gasteiger partial charge in [-0.2, -0.15) is 0 Å². The summed E-state index contributed by atoms with van der Waals surface area (Å²) >= 11 is 0. The first-order valence-corrected chi connectivity index (χ1v) is 9.83. The molecule has 2 fully saturated rings. The third-order valence-electron chi connectivity index (χ3n) is 5.44. The average molecular weight is 445 g/mol. The van der Waals surface area contributed by atoms with Crippen LogP contribution in [-0.4, -0.2) is 120 Å². The Bertz CT molecular complexity index is 772. The lowest BCUT2D eigenvalue weighted by atomic mass is 9.92. The molecule has 8 N–H and O–H groups in total. The number of rotatable bonds is 5. The Labute approximate surface area is 177 Å². The number of aliphatic hydroxyl groups is 8. The second-order valence-corrected chi connectivity index (χ2v) is 7.57. The zero-order chi connectivity index (χ0) is 22.7. The van der Waals surface area contributed by atoms with Gasteiger partial charge in [-0.05, 0) is 18.8 Å². The van der Waals surface area contributed by atoms with Gasteiger partial charge in [0.15, 0.2) is 0 Å². The molecule has 0 bridgehead atoms. The molecular weight excluding hydrogens is 418 g/mol. The Balaban J connectivity index is 1.59. The first-order chi connectivity index (χ1) is 14.8. The van der Waals surface area contributed by atoms with Gasteiger partial charge in [-0.1, -0.05) is 5.92 Å². The largest absolute Gasteiger partial charge is 0.438 e. The average Bonchev–Trinajstić information content (AvgIpc) is 3.23.